The number of amides is 1. The van der Waals surface area contributed by atoms with Crippen LogP contribution in [0.2, 0.25) is 0 Å². The zero-order chi connectivity index (χ0) is 17.9. The molecular formula is C19H19N3O3S. The lowest BCUT2D eigenvalue weighted by molar-refractivity contribution is 0.0776. The number of aromatic nitrogens is 2. The third-order valence-electron chi connectivity index (χ3n) is 4.66. The largest absolute Gasteiger partial charge is 0.420 e. The average Bonchev–Trinajstić information content (AvgIpc) is 3.42. The molecule has 7 heteroatoms. The van der Waals surface area contributed by atoms with Crippen LogP contribution in [-0.4, -0.2) is 47.8 Å². The van der Waals surface area contributed by atoms with Gasteiger partial charge in [0.05, 0.1) is 18.1 Å². The summed E-state index contributed by atoms with van der Waals surface area (Å²) in [6.07, 6.45) is 0. The lowest BCUT2D eigenvalue weighted by atomic mass is 9.97. The Bertz CT molecular complexity index is 863. The molecule has 1 fully saturated rings. The summed E-state index contributed by atoms with van der Waals surface area (Å²) in [6.45, 7) is 1.72. The topological polar surface area (TPSA) is 68.5 Å². The fourth-order valence-electron chi connectivity index (χ4n) is 3.35. The highest BCUT2D eigenvalue weighted by atomic mass is 32.1. The summed E-state index contributed by atoms with van der Waals surface area (Å²) in [7, 11) is 1.67. The smallest absolute Gasteiger partial charge is 0.254 e. The van der Waals surface area contributed by atoms with Gasteiger partial charge in [0.15, 0.2) is 0 Å². The highest BCUT2D eigenvalue weighted by molar-refractivity contribution is 7.08. The Morgan fingerprint density at radius 2 is 2.12 bits per heavy atom. The number of nitrogens with zero attached hydrogens (tertiary/aromatic N) is 3. The Kier molecular flexibility index (Phi) is 4.81. The third kappa shape index (κ3) is 3.27. The molecule has 0 aliphatic carbocycles. The summed E-state index contributed by atoms with van der Waals surface area (Å²) >= 11 is 1.52. The fourth-order valence-corrected chi connectivity index (χ4v) is 3.98. The van der Waals surface area contributed by atoms with Crippen molar-refractivity contribution >= 4 is 17.2 Å². The zero-order valence-corrected chi connectivity index (χ0v) is 15.2. The molecule has 6 nitrogen and oxygen atoms in total. The first-order chi connectivity index (χ1) is 12.8. The molecule has 0 unspecified atom stereocenters. The van der Waals surface area contributed by atoms with E-state index in [4.69, 9.17) is 9.15 Å². The van der Waals surface area contributed by atoms with E-state index in [0.717, 1.165) is 11.1 Å². The van der Waals surface area contributed by atoms with Crippen molar-refractivity contribution < 1.29 is 13.9 Å². The van der Waals surface area contributed by atoms with Gasteiger partial charge in [-0.25, -0.2) is 0 Å². The van der Waals surface area contributed by atoms with E-state index in [-0.39, 0.29) is 17.7 Å². The van der Waals surface area contributed by atoms with Gasteiger partial charge in [0.25, 0.3) is 5.91 Å². The Hall–Kier alpha value is -2.51. The second-order valence-corrected chi connectivity index (χ2v) is 7.14. The number of carbonyl (C=O) groups is 1. The predicted octanol–water partition coefficient (Wildman–Crippen LogP) is 3.30. The van der Waals surface area contributed by atoms with Gasteiger partial charge in [-0.15, -0.1) is 10.2 Å². The van der Waals surface area contributed by atoms with Gasteiger partial charge in [-0.1, -0.05) is 18.2 Å². The van der Waals surface area contributed by atoms with Crippen LogP contribution in [0.5, 0.6) is 0 Å². The van der Waals surface area contributed by atoms with Gasteiger partial charge in [0, 0.05) is 37.1 Å². The first kappa shape index (κ1) is 16.9. The first-order valence-electron chi connectivity index (χ1n) is 8.45. The number of carbonyl (C=O) groups excluding carboxylic acids is 1. The van der Waals surface area contributed by atoms with Crippen LogP contribution >= 0.6 is 11.3 Å². The van der Waals surface area contributed by atoms with Crippen LogP contribution < -0.4 is 0 Å². The molecule has 0 radical (unpaired) electrons. The number of benzene rings is 1. The molecule has 0 N–H and O–H groups in total. The van der Waals surface area contributed by atoms with E-state index in [9.17, 15) is 4.79 Å². The Morgan fingerprint density at radius 3 is 2.85 bits per heavy atom. The van der Waals surface area contributed by atoms with E-state index in [1.165, 1.54) is 11.3 Å². The number of hydrogen-bond acceptors (Lipinski definition) is 6. The van der Waals surface area contributed by atoms with Gasteiger partial charge in [0.1, 0.15) is 0 Å². The second-order valence-electron chi connectivity index (χ2n) is 6.36. The molecule has 134 valence electrons. The lowest BCUT2D eigenvalue weighted by Gasteiger charge is -2.15. The monoisotopic (exact) mass is 369 g/mol. The van der Waals surface area contributed by atoms with Crippen molar-refractivity contribution in [1.29, 1.82) is 0 Å². The van der Waals surface area contributed by atoms with Gasteiger partial charge in [-0.2, -0.15) is 11.3 Å². The van der Waals surface area contributed by atoms with Crippen LogP contribution in [0.15, 0.2) is 51.6 Å². The minimum absolute atomic E-state index is 0.0255. The van der Waals surface area contributed by atoms with Crippen LogP contribution in [-0.2, 0) is 4.74 Å². The molecule has 3 heterocycles. The maximum atomic E-state index is 12.7. The molecule has 1 amide bonds. The number of likely N-dealkylation sites (tertiary alicyclic amines) is 1. The molecule has 1 aliphatic heterocycles. The molecule has 1 aliphatic rings. The van der Waals surface area contributed by atoms with E-state index in [2.05, 4.69) is 10.2 Å². The minimum Gasteiger partial charge on any atom is -0.420 e. The molecule has 26 heavy (non-hydrogen) atoms. The van der Waals surface area contributed by atoms with Gasteiger partial charge in [-0.3, -0.25) is 4.79 Å². The summed E-state index contributed by atoms with van der Waals surface area (Å²) in [4.78, 5) is 14.5. The number of hydrogen-bond donors (Lipinski definition) is 0. The highest BCUT2D eigenvalue weighted by Crippen LogP contribution is 2.34. The molecule has 1 aromatic carbocycles. The second kappa shape index (κ2) is 7.39. The van der Waals surface area contributed by atoms with Gasteiger partial charge in [0.2, 0.25) is 11.8 Å². The molecule has 2 aromatic heterocycles. The maximum Gasteiger partial charge on any atom is 0.254 e. The van der Waals surface area contributed by atoms with E-state index < -0.39 is 0 Å². The van der Waals surface area contributed by atoms with Crippen molar-refractivity contribution in [3.8, 4) is 11.5 Å². The Morgan fingerprint density at radius 1 is 1.27 bits per heavy atom. The lowest BCUT2D eigenvalue weighted by Crippen LogP contribution is -2.29. The molecule has 0 bridgehead atoms. The Labute approximate surface area is 155 Å². The van der Waals surface area contributed by atoms with Crippen molar-refractivity contribution in [3.63, 3.8) is 0 Å². The van der Waals surface area contributed by atoms with Crippen molar-refractivity contribution in [3.05, 3.63) is 58.6 Å². The van der Waals surface area contributed by atoms with E-state index in [1.807, 2.05) is 52.1 Å². The van der Waals surface area contributed by atoms with Crippen LogP contribution in [0.1, 0.15) is 22.2 Å². The molecule has 0 spiro atoms. The van der Waals surface area contributed by atoms with Gasteiger partial charge in [-0.05, 0) is 23.6 Å². The fraction of sp³-hybridized carbons (Fsp3) is 0.316. The SMILES string of the molecule is COC[C@@H]1CN(C(=O)c2ccsc2)C[C@H]1c1nnc(-c2ccccc2)o1. The maximum absolute atomic E-state index is 12.7. The van der Waals surface area contributed by atoms with E-state index in [0.29, 0.717) is 31.5 Å². The van der Waals surface area contributed by atoms with Gasteiger partial charge >= 0.3 is 0 Å². The number of thiophene rings is 1. The molecule has 4 rings (SSSR count). The van der Waals surface area contributed by atoms with Gasteiger partial charge < -0.3 is 14.1 Å². The van der Waals surface area contributed by atoms with Crippen LogP contribution in [0.4, 0.5) is 0 Å². The molecule has 0 saturated carbocycles. The minimum atomic E-state index is -0.0255. The summed E-state index contributed by atoms with van der Waals surface area (Å²) in [5.74, 6) is 1.21. The van der Waals surface area contributed by atoms with Crippen LogP contribution in [0.25, 0.3) is 11.5 Å². The number of methoxy groups -OCH3 is 1. The Balaban J connectivity index is 1.56. The van der Waals surface area contributed by atoms with Crippen LogP contribution in [0.3, 0.4) is 0 Å². The highest BCUT2D eigenvalue weighted by Gasteiger charge is 2.39. The van der Waals surface area contributed by atoms with Crippen molar-refractivity contribution in [2.75, 3.05) is 26.8 Å². The van der Waals surface area contributed by atoms with Crippen LogP contribution in [0, 0.1) is 5.92 Å². The quantitative estimate of drug-likeness (QED) is 0.690. The summed E-state index contributed by atoms with van der Waals surface area (Å²) in [6, 6.07) is 11.5. The number of rotatable bonds is 5. The summed E-state index contributed by atoms with van der Waals surface area (Å²) < 4.78 is 11.3. The van der Waals surface area contributed by atoms with Crippen molar-refractivity contribution in [2.45, 2.75) is 5.92 Å². The van der Waals surface area contributed by atoms with E-state index >= 15 is 0 Å². The zero-order valence-electron chi connectivity index (χ0n) is 14.4. The van der Waals surface area contributed by atoms with Crippen molar-refractivity contribution in [1.82, 2.24) is 15.1 Å². The third-order valence-corrected chi connectivity index (χ3v) is 5.34. The normalized spacial score (nSPS) is 19.8. The predicted molar refractivity (Wildman–Crippen MR) is 98.1 cm³/mol. The van der Waals surface area contributed by atoms with Crippen molar-refractivity contribution in [2.24, 2.45) is 5.92 Å². The molecule has 2 atom stereocenters. The molecule has 1 saturated heterocycles. The standard InChI is InChI=1S/C19H19N3O3S/c1-24-11-15-9-22(19(23)14-7-8-26-12-14)10-16(15)18-21-20-17(25-18)13-5-3-2-4-6-13/h2-8,12,15-16H,9-11H2,1H3/t15-,16+/m0/s1. The number of ether oxygens (including phenoxy) is 1. The summed E-state index contributed by atoms with van der Waals surface area (Å²) in [5.41, 5.74) is 1.61. The summed E-state index contributed by atoms with van der Waals surface area (Å²) in [5, 5.41) is 12.2. The molecule has 3 aromatic rings. The first-order valence-corrected chi connectivity index (χ1v) is 9.39. The van der Waals surface area contributed by atoms with E-state index in [1.54, 1.807) is 7.11 Å². The average molecular weight is 369 g/mol. The molecular weight excluding hydrogens is 350 g/mol.